The number of aliphatic hydroxyl groups is 1. The highest BCUT2D eigenvalue weighted by Crippen LogP contribution is 2.42. The van der Waals surface area contributed by atoms with Crippen molar-refractivity contribution in [1.82, 2.24) is 4.90 Å². The van der Waals surface area contributed by atoms with Gasteiger partial charge >= 0.3 is 0 Å². The molecule has 7 nitrogen and oxygen atoms in total. The van der Waals surface area contributed by atoms with Gasteiger partial charge in [0.1, 0.15) is 23.0 Å². The summed E-state index contributed by atoms with van der Waals surface area (Å²) in [7, 11) is 3.00. The fourth-order valence-electron chi connectivity index (χ4n) is 4.04. The third-order valence-electron chi connectivity index (χ3n) is 5.71. The Balaban J connectivity index is 2.13. The van der Waals surface area contributed by atoms with Crippen molar-refractivity contribution >= 4 is 17.4 Å². The van der Waals surface area contributed by atoms with Crippen LogP contribution in [0.1, 0.15) is 50.3 Å². The van der Waals surface area contributed by atoms with Crippen molar-refractivity contribution in [2.24, 2.45) is 0 Å². The number of ketones is 1. The van der Waals surface area contributed by atoms with Crippen molar-refractivity contribution in [3.05, 3.63) is 59.2 Å². The smallest absolute Gasteiger partial charge is 0.295 e. The summed E-state index contributed by atoms with van der Waals surface area (Å²) in [5.74, 6) is -0.00790. The Morgan fingerprint density at radius 2 is 1.67 bits per heavy atom. The number of benzene rings is 2. The number of likely N-dealkylation sites (tertiary alicyclic amines) is 1. The quantitative estimate of drug-likeness (QED) is 0.243. The Hall–Kier alpha value is -3.48. The largest absolute Gasteiger partial charge is 0.507 e. The monoisotopic (exact) mass is 453 g/mol. The van der Waals surface area contributed by atoms with Crippen LogP contribution in [0.15, 0.2) is 48.0 Å². The van der Waals surface area contributed by atoms with Crippen molar-refractivity contribution in [1.29, 1.82) is 0 Å². The summed E-state index contributed by atoms with van der Waals surface area (Å²) in [6.45, 7) is 4.94. The van der Waals surface area contributed by atoms with Crippen LogP contribution >= 0.6 is 0 Å². The molecule has 2 aromatic rings. The molecule has 0 bridgehead atoms. The van der Waals surface area contributed by atoms with E-state index in [9.17, 15) is 14.7 Å². The maximum atomic E-state index is 13.1. The molecule has 1 amide bonds. The highest BCUT2D eigenvalue weighted by Gasteiger charge is 2.46. The van der Waals surface area contributed by atoms with E-state index in [1.54, 1.807) is 35.2 Å². The fourth-order valence-corrected chi connectivity index (χ4v) is 4.04. The first-order valence-corrected chi connectivity index (χ1v) is 11.2. The molecular weight excluding hydrogens is 422 g/mol. The molecule has 1 unspecified atom stereocenters. The topological polar surface area (TPSA) is 85.3 Å². The first kappa shape index (κ1) is 24.2. The van der Waals surface area contributed by atoms with Crippen LogP contribution in [0.4, 0.5) is 0 Å². The number of hydrogen-bond donors (Lipinski definition) is 1. The van der Waals surface area contributed by atoms with Crippen LogP contribution in [-0.4, -0.2) is 49.1 Å². The lowest BCUT2D eigenvalue weighted by molar-refractivity contribution is -0.139. The minimum absolute atomic E-state index is 0.0455. The fraction of sp³-hybridized carbons (Fsp3) is 0.385. The summed E-state index contributed by atoms with van der Waals surface area (Å²) in [5.41, 5.74) is 1.09. The van der Waals surface area contributed by atoms with Crippen LogP contribution in [0.3, 0.4) is 0 Å². The molecule has 0 aromatic heterocycles. The van der Waals surface area contributed by atoms with Crippen molar-refractivity contribution in [3.8, 4) is 17.2 Å². The van der Waals surface area contributed by atoms with E-state index in [1.807, 2.05) is 19.1 Å². The van der Waals surface area contributed by atoms with Crippen LogP contribution in [0.25, 0.3) is 5.76 Å². The first-order chi connectivity index (χ1) is 16.0. The average Bonchev–Trinajstić information content (AvgIpc) is 3.09. The van der Waals surface area contributed by atoms with Crippen molar-refractivity contribution in [2.45, 2.75) is 39.2 Å². The molecule has 1 aliphatic rings. The van der Waals surface area contributed by atoms with E-state index in [4.69, 9.17) is 14.2 Å². The molecule has 7 heteroatoms. The number of hydrogen-bond acceptors (Lipinski definition) is 6. The number of amides is 1. The summed E-state index contributed by atoms with van der Waals surface area (Å²) in [6.07, 6.45) is 2.69. The van der Waals surface area contributed by atoms with Gasteiger partial charge in [0.25, 0.3) is 11.7 Å². The second-order valence-corrected chi connectivity index (χ2v) is 7.77. The minimum Gasteiger partial charge on any atom is -0.507 e. The highest BCUT2D eigenvalue weighted by molar-refractivity contribution is 6.46. The lowest BCUT2D eigenvalue weighted by atomic mass is 9.94. The molecule has 1 aliphatic heterocycles. The summed E-state index contributed by atoms with van der Waals surface area (Å²) in [6, 6.07) is 11.5. The molecule has 1 atom stereocenters. The molecule has 33 heavy (non-hydrogen) atoms. The average molecular weight is 454 g/mol. The molecular formula is C26H31NO6. The maximum Gasteiger partial charge on any atom is 0.295 e. The van der Waals surface area contributed by atoms with Crippen molar-refractivity contribution in [2.75, 3.05) is 27.4 Å². The van der Waals surface area contributed by atoms with Crippen LogP contribution in [-0.2, 0) is 9.59 Å². The Kier molecular flexibility index (Phi) is 7.98. The number of aliphatic hydroxyl groups excluding tert-OH is 1. The van der Waals surface area contributed by atoms with E-state index < -0.39 is 17.7 Å². The van der Waals surface area contributed by atoms with E-state index in [1.165, 1.54) is 14.2 Å². The molecule has 1 fully saturated rings. The molecule has 0 radical (unpaired) electrons. The van der Waals surface area contributed by atoms with E-state index in [2.05, 4.69) is 6.92 Å². The molecule has 0 spiro atoms. The zero-order valence-electron chi connectivity index (χ0n) is 19.6. The zero-order chi connectivity index (χ0) is 24.0. The number of ether oxygens (including phenoxy) is 3. The highest BCUT2D eigenvalue weighted by atomic mass is 16.5. The number of unbranched alkanes of at least 4 members (excludes halogenated alkanes) is 2. The predicted molar refractivity (Wildman–Crippen MR) is 126 cm³/mol. The van der Waals surface area contributed by atoms with Crippen LogP contribution in [0.2, 0.25) is 0 Å². The third-order valence-corrected chi connectivity index (χ3v) is 5.71. The van der Waals surface area contributed by atoms with Crippen LogP contribution in [0.5, 0.6) is 17.2 Å². The Morgan fingerprint density at radius 3 is 2.27 bits per heavy atom. The summed E-state index contributed by atoms with van der Waals surface area (Å²) < 4.78 is 16.2. The molecule has 1 heterocycles. The molecule has 1 saturated heterocycles. The zero-order valence-corrected chi connectivity index (χ0v) is 19.6. The van der Waals surface area contributed by atoms with Gasteiger partial charge in [-0.2, -0.15) is 0 Å². The van der Waals surface area contributed by atoms with Crippen molar-refractivity contribution in [3.63, 3.8) is 0 Å². The third kappa shape index (κ3) is 4.97. The van der Waals surface area contributed by atoms with Gasteiger partial charge in [-0.3, -0.25) is 9.59 Å². The Bertz CT molecular complexity index is 1030. The maximum absolute atomic E-state index is 13.1. The van der Waals surface area contributed by atoms with E-state index >= 15 is 0 Å². The summed E-state index contributed by atoms with van der Waals surface area (Å²) in [4.78, 5) is 27.7. The van der Waals surface area contributed by atoms with Gasteiger partial charge in [0.2, 0.25) is 0 Å². The van der Waals surface area contributed by atoms with Gasteiger partial charge in [0.15, 0.2) is 0 Å². The summed E-state index contributed by atoms with van der Waals surface area (Å²) in [5, 5.41) is 11.3. The number of rotatable bonds is 10. The SMILES string of the molecule is CCCCCN1C(=O)C(=O)/C(=C(\O)c2ccc(OC)cc2OC)C1c1ccc(OCC)cc1. The van der Waals surface area contributed by atoms with Gasteiger partial charge in [-0.1, -0.05) is 31.9 Å². The number of nitrogens with zero attached hydrogens (tertiary/aromatic N) is 1. The van der Waals surface area contributed by atoms with Gasteiger partial charge in [-0.25, -0.2) is 0 Å². The van der Waals surface area contributed by atoms with Gasteiger partial charge in [0, 0.05) is 12.6 Å². The Labute approximate surface area is 194 Å². The van der Waals surface area contributed by atoms with Crippen LogP contribution < -0.4 is 14.2 Å². The minimum atomic E-state index is -0.708. The summed E-state index contributed by atoms with van der Waals surface area (Å²) >= 11 is 0. The Morgan fingerprint density at radius 1 is 0.970 bits per heavy atom. The van der Waals surface area contributed by atoms with Gasteiger partial charge in [-0.05, 0) is 43.2 Å². The molecule has 2 aromatic carbocycles. The molecule has 0 aliphatic carbocycles. The van der Waals surface area contributed by atoms with E-state index in [-0.39, 0.29) is 11.3 Å². The second kappa shape index (κ2) is 10.9. The second-order valence-electron chi connectivity index (χ2n) is 7.77. The molecule has 176 valence electrons. The number of methoxy groups -OCH3 is 2. The van der Waals surface area contributed by atoms with Gasteiger partial charge in [-0.15, -0.1) is 0 Å². The molecule has 3 rings (SSSR count). The first-order valence-electron chi connectivity index (χ1n) is 11.2. The molecule has 1 N–H and O–H groups in total. The number of Topliss-reactive ketones (excluding diaryl/α,β-unsaturated/α-hetero) is 1. The van der Waals surface area contributed by atoms with Gasteiger partial charge < -0.3 is 24.2 Å². The number of carbonyl (C=O) groups is 2. The normalized spacial score (nSPS) is 17.3. The van der Waals surface area contributed by atoms with Crippen LogP contribution in [0, 0.1) is 0 Å². The van der Waals surface area contributed by atoms with Crippen molar-refractivity contribution < 1.29 is 28.9 Å². The molecule has 0 saturated carbocycles. The number of carbonyl (C=O) groups excluding carboxylic acids is 2. The van der Waals surface area contributed by atoms with E-state index in [0.717, 1.165) is 24.8 Å². The lowest BCUT2D eigenvalue weighted by Gasteiger charge is -2.25. The predicted octanol–water partition coefficient (Wildman–Crippen LogP) is 4.71. The standard InChI is InChI=1S/C26H31NO6/c1-5-7-8-15-27-23(17-9-11-18(12-10-17)33-6-2)22(25(29)26(27)30)24(28)20-14-13-19(31-3)16-21(20)32-4/h9-14,16,23,28H,5-8,15H2,1-4H3/b24-22-. The van der Waals surface area contributed by atoms with Gasteiger partial charge in [0.05, 0.1) is 38.0 Å². The lowest BCUT2D eigenvalue weighted by Crippen LogP contribution is -2.30. The van der Waals surface area contributed by atoms with E-state index in [0.29, 0.717) is 36.0 Å².